The van der Waals surface area contributed by atoms with Gasteiger partial charge in [-0.1, -0.05) is 63.3 Å². The highest BCUT2D eigenvalue weighted by Gasteiger charge is 2.03. The molecule has 0 fully saturated rings. The molecule has 0 aromatic carbocycles. The zero-order chi connectivity index (χ0) is 18.0. The van der Waals surface area contributed by atoms with Gasteiger partial charge < -0.3 is 4.74 Å². The van der Waals surface area contributed by atoms with Crippen LogP contribution < -0.4 is 0 Å². The summed E-state index contributed by atoms with van der Waals surface area (Å²) in [6, 6.07) is 0. The van der Waals surface area contributed by atoms with E-state index in [0.717, 1.165) is 12.8 Å². The van der Waals surface area contributed by atoms with Crippen molar-refractivity contribution in [3.63, 3.8) is 0 Å². The van der Waals surface area contributed by atoms with Crippen molar-refractivity contribution in [1.82, 2.24) is 0 Å². The van der Waals surface area contributed by atoms with Crippen molar-refractivity contribution in [2.45, 2.75) is 64.7 Å². The number of esters is 1. The molecule has 0 aromatic heterocycles. The molecule has 0 radical (unpaired) electrons. The third-order valence-electron chi connectivity index (χ3n) is 3.48. The van der Waals surface area contributed by atoms with Crippen molar-refractivity contribution in [1.29, 1.82) is 0 Å². The maximum atomic E-state index is 11.6. The van der Waals surface area contributed by atoms with E-state index >= 15 is 0 Å². The van der Waals surface area contributed by atoms with Crippen molar-refractivity contribution >= 4 is 17.5 Å². The van der Waals surface area contributed by atoms with Crippen LogP contribution >= 0.6 is 0 Å². The molecule has 0 atom stereocenters. The van der Waals surface area contributed by atoms with Crippen molar-refractivity contribution in [3.8, 4) is 0 Å². The zero-order valence-corrected chi connectivity index (χ0v) is 15.0. The standard InChI is InChI=1S/C20H30O4/c1-3-4-5-6-7-10-13-18(21)14-11-8-9-12-15-19(22)16-17-20(23)24-2/h8-9,11-12,14-15H,3-7,10,13,16-17H2,1-2H3/b9-8+,14-11+,15-12+. The summed E-state index contributed by atoms with van der Waals surface area (Å²) in [4.78, 5) is 33.9. The summed E-state index contributed by atoms with van der Waals surface area (Å²) in [6.07, 6.45) is 17.5. The first-order valence-electron chi connectivity index (χ1n) is 8.74. The minimum Gasteiger partial charge on any atom is -0.469 e. The van der Waals surface area contributed by atoms with E-state index in [0.29, 0.717) is 6.42 Å². The van der Waals surface area contributed by atoms with Crippen LogP contribution in [0.15, 0.2) is 36.5 Å². The quantitative estimate of drug-likeness (QED) is 0.203. The molecular formula is C20H30O4. The largest absolute Gasteiger partial charge is 0.469 e. The third-order valence-corrected chi connectivity index (χ3v) is 3.48. The Hall–Kier alpha value is -1.97. The van der Waals surface area contributed by atoms with E-state index < -0.39 is 0 Å². The van der Waals surface area contributed by atoms with E-state index in [4.69, 9.17) is 0 Å². The lowest BCUT2D eigenvalue weighted by Crippen LogP contribution is -2.03. The van der Waals surface area contributed by atoms with Crippen LogP contribution in [0, 0.1) is 0 Å². The number of methoxy groups -OCH3 is 1. The van der Waals surface area contributed by atoms with Gasteiger partial charge in [0.25, 0.3) is 0 Å². The van der Waals surface area contributed by atoms with Crippen LogP contribution in [-0.4, -0.2) is 24.6 Å². The molecule has 0 N–H and O–H groups in total. The average Bonchev–Trinajstić information content (AvgIpc) is 2.58. The molecule has 24 heavy (non-hydrogen) atoms. The second-order valence-electron chi connectivity index (χ2n) is 5.63. The molecule has 0 aliphatic rings. The number of hydrogen-bond donors (Lipinski definition) is 0. The Kier molecular flexibility index (Phi) is 14.6. The molecule has 4 nitrogen and oxygen atoms in total. The number of hydrogen-bond acceptors (Lipinski definition) is 4. The van der Waals surface area contributed by atoms with Gasteiger partial charge in [0, 0.05) is 12.8 Å². The van der Waals surface area contributed by atoms with Gasteiger partial charge in [0.05, 0.1) is 13.5 Å². The Morgan fingerprint density at radius 2 is 1.25 bits per heavy atom. The number of unbranched alkanes of at least 4 members (excludes halogenated alkanes) is 5. The Morgan fingerprint density at radius 1 is 0.708 bits per heavy atom. The predicted octanol–water partition coefficient (Wildman–Crippen LogP) is 4.50. The fraction of sp³-hybridized carbons (Fsp3) is 0.550. The predicted molar refractivity (Wildman–Crippen MR) is 96.7 cm³/mol. The third kappa shape index (κ3) is 14.9. The van der Waals surface area contributed by atoms with Gasteiger partial charge in [0.2, 0.25) is 0 Å². The van der Waals surface area contributed by atoms with E-state index in [1.54, 1.807) is 30.4 Å². The summed E-state index contributed by atoms with van der Waals surface area (Å²) < 4.78 is 4.46. The van der Waals surface area contributed by atoms with Crippen LogP contribution in [-0.2, 0) is 19.1 Å². The van der Waals surface area contributed by atoms with E-state index in [-0.39, 0.29) is 30.4 Å². The number of allylic oxidation sites excluding steroid dienone is 6. The van der Waals surface area contributed by atoms with Gasteiger partial charge in [0.15, 0.2) is 11.6 Å². The minimum absolute atomic E-state index is 0.0935. The molecule has 4 heteroatoms. The second-order valence-corrected chi connectivity index (χ2v) is 5.63. The highest BCUT2D eigenvalue weighted by Crippen LogP contribution is 2.07. The molecule has 134 valence electrons. The fourth-order valence-corrected chi connectivity index (χ4v) is 2.03. The van der Waals surface area contributed by atoms with E-state index in [2.05, 4.69) is 11.7 Å². The molecule has 0 aromatic rings. The first-order chi connectivity index (χ1) is 11.6. The van der Waals surface area contributed by atoms with Crippen LogP contribution in [0.2, 0.25) is 0 Å². The van der Waals surface area contributed by atoms with Crippen molar-refractivity contribution in [2.75, 3.05) is 7.11 Å². The monoisotopic (exact) mass is 334 g/mol. The summed E-state index contributed by atoms with van der Waals surface area (Å²) in [5.41, 5.74) is 0. The number of ketones is 2. The Bertz CT molecular complexity index is 458. The summed E-state index contributed by atoms with van der Waals surface area (Å²) in [5, 5.41) is 0. The molecule has 0 amide bonds. The lowest BCUT2D eigenvalue weighted by Gasteiger charge is -1.98. The molecule has 0 aliphatic heterocycles. The Labute approximate surface area is 145 Å². The molecule has 0 unspecified atom stereocenters. The van der Waals surface area contributed by atoms with Crippen LogP contribution in [0.1, 0.15) is 64.7 Å². The van der Waals surface area contributed by atoms with Gasteiger partial charge in [-0.25, -0.2) is 0 Å². The van der Waals surface area contributed by atoms with Gasteiger partial charge in [-0.15, -0.1) is 0 Å². The van der Waals surface area contributed by atoms with Crippen LogP contribution in [0.4, 0.5) is 0 Å². The van der Waals surface area contributed by atoms with E-state index in [1.165, 1.54) is 38.9 Å². The maximum Gasteiger partial charge on any atom is 0.305 e. The molecular weight excluding hydrogens is 304 g/mol. The van der Waals surface area contributed by atoms with Crippen LogP contribution in [0.3, 0.4) is 0 Å². The normalized spacial score (nSPS) is 11.6. The van der Waals surface area contributed by atoms with Gasteiger partial charge in [0.1, 0.15) is 0 Å². The lowest BCUT2D eigenvalue weighted by molar-refractivity contribution is -0.141. The van der Waals surface area contributed by atoms with E-state index in [1.807, 2.05) is 0 Å². The molecule has 0 rings (SSSR count). The van der Waals surface area contributed by atoms with Gasteiger partial charge in [-0.2, -0.15) is 0 Å². The first kappa shape index (κ1) is 22.0. The number of carbonyl (C=O) groups is 3. The SMILES string of the molecule is CCCCCCCCC(=O)/C=C/C=C/C=C/C(=O)CCC(=O)OC. The molecule has 0 heterocycles. The zero-order valence-electron chi connectivity index (χ0n) is 15.0. The van der Waals surface area contributed by atoms with Gasteiger partial charge in [-0.3, -0.25) is 14.4 Å². The van der Waals surface area contributed by atoms with Crippen LogP contribution in [0.5, 0.6) is 0 Å². The highest BCUT2D eigenvalue weighted by molar-refractivity contribution is 5.92. The van der Waals surface area contributed by atoms with Crippen molar-refractivity contribution in [3.05, 3.63) is 36.5 Å². The number of rotatable bonds is 14. The summed E-state index contributed by atoms with van der Waals surface area (Å²) >= 11 is 0. The van der Waals surface area contributed by atoms with Gasteiger partial charge in [-0.05, 0) is 18.6 Å². The first-order valence-corrected chi connectivity index (χ1v) is 8.74. The van der Waals surface area contributed by atoms with Crippen molar-refractivity contribution in [2.24, 2.45) is 0 Å². The maximum absolute atomic E-state index is 11.6. The smallest absolute Gasteiger partial charge is 0.305 e. The number of carbonyl (C=O) groups excluding carboxylic acids is 3. The van der Waals surface area contributed by atoms with Crippen molar-refractivity contribution < 1.29 is 19.1 Å². The Morgan fingerprint density at radius 3 is 1.83 bits per heavy atom. The minimum atomic E-state index is -0.390. The lowest BCUT2D eigenvalue weighted by atomic mass is 10.1. The molecule has 0 spiro atoms. The fourth-order valence-electron chi connectivity index (χ4n) is 2.03. The topological polar surface area (TPSA) is 60.4 Å². The molecule has 0 saturated heterocycles. The number of ether oxygens (including phenoxy) is 1. The molecule has 0 saturated carbocycles. The van der Waals surface area contributed by atoms with Crippen LogP contribution in [0.25, 0.3) is 0 Å². The average molecular weight is 334 g/mol. The summed E-state index contributed by atoms with van der Waals surface area (Å²) in [7, 11) is 1.30. The molecule has 0 bridgehead atoms. The highest BCUT2D eigenvalue weighted by atomic mass is 16.5. The summed E-state index contributed by atoms with van der Waals surface area (Å²) in [6.45, 7) is 2.19. The Balaban J connectivity index is 3.78. The second kappa shape index (κ2) is 15.9. The van der Waals surface area contributed by atoms with E-state index in [9.17, 15) is 14.4 Å². The van der Waals surface area contributed by atoms with Gasteiger partial charge >= 0.3 is 5.97 Å². The summed E-state index contributed by atoms with van der Waals surface area (Å²) in [5.74, 6) is -0.388. The molecule has 0 aliphatic carbocycles.